The van der Waals surface area contributed by atoms with Crippen molar-refractivity contribution in [3.63, 3.8) is 0 Å². The van der Waals surface area contributed by atoms with Crippen LogP contribution in [-0.2, 0) is 0 Å². The lowest BCUT2D eigenvalue weighted by Gasteiger charge is -2.16. The van der Waals surface area contributed by atoms with Crippen LogP contribution in [-0.4, -0.2) is 22.3 Å². The summed E-state index contributed by atoms with van der Waals surface area (Å²) in [7, 11) is 0. The van der Waals surface area contributed by atoms with E-state index in [9.17, 15) is 26.3 Å². The SMILES string of the molecule is N#CC(C#N)=c1cc(C#N)c(=C(C(F)(F)F)C(F)(F)F)c2nccnc12. The molecule has 0 aliphatic heterocycles. The topological polar surface area (TPSA) is 97.2 Å². The molecule has 26 heavy (non-hydrogen) atoms. The summed E-state index contributed by atoms with van der Waals surface area (Å²) in [4.78, 5) is 7.12. The molecule has 0 bridgehead atoms. The number of nitrogens with zero attached hydrogens (tertiary/aromatic N) is 5. The van der Waals surface area contributed by atoms with Crippen LogP contribution >= 0.6 is 0 Å². The Morgan fingerprint density at radius 1 is 0.846 bits per heavy atom. The quantitative estimate of drug-likeness (QED) is 0.663. The number of rotatable bonds is 0. The molecule has 0 saturated carbocycles. The van der Waals surface area contributed by atoms with Gasteiger partial charge in [-0.2, -0.15) is 42.1 Å². The molecule has 0 aliphatic rings. The van der Waals surface area contributed by atoms with E-state index in [0.717, 1.165) is 12.4 Å². The lowest BCUT2D eigenvalue weighted by Crippen LogP contribution is -2.34. The summed E-state index contributed by atoms with van der Waals surface area (Å²) in [5.74, 6) is 0. The van der Waals surface area contributed by atoms with E-state index < -0.39 is 45.3 Å². The summed E-state index contributed by atoms with van der Waals surface area (Å²) < 4.78 is 78.7. The molecule has 1 aromatic heterocycles. The number of fused-ring (bicyclic) bond motifs is 1. The smallest absolute Gasteiger partial charge is 0.252 e. The summed E-state index contributed by atoms with van der Waals surface area (Å²) >= 11 is 0. The number of benzene rings is 1. The van der Waals surface area contributed by atoms with Crippen LogP contribution in [0.1, 0.15) is 5.56 Å². The van der Waals surface area contributed by atoms with Crippen LogP contribution < -0.4 is 10.4 Å². The molecule has 130 valence electrons. The average Bonchev–Trinajstić information content (AvgIpc) is 2.55. The number of alkyl halides is 6. The largest absolute Gasteiger partial charge is 0.422 e. The summed E-state index contributed by atoms with van der Waals surface area (Å²) in [5, 5.41) is 25.1. The molecule has 11 heteroatoms. The zero-order valence-corrected chi connectivity index (χ0v) is 12.2. The van der Waals surface area contributed by atoms with Crippen LogP contribution in [0.2, 0.25) is 0 Å². The maximum absolute atomic E-state index is 13.1. The Bertz CT molecular complexity index is 1110. The van der Waals surface area contributed by atoms with Gasteiger partial charge >= 0.3 is 12.4 Å². The Hall–Kier alpha value is -3.65. The van der Waals surface area contributed by atoms with Crippen LogP contribution in [0, 0.1) is 34.0 Å². The van der Waals surface area contributed by atoms with Gasteiger partial charge in [0.05, 0.1) is 22.7 Å². The highest BCUT2D eigenvalue weighted by Gasteiger charge is 2.52. The highest BCUT2D eigenvalue weighted by Crippen LogP contribution is 2.39. The average molecular weight is 367 g/mol. The van der Waals surface area contributed by atoms with E-state index in [2.05, 4.69) is 9.97 Å². The van der Waals surface area contributed by atoms with Gasteiger partial charge in [-0.25, -0.2) is 0 Å². The molecule has 0 amide bonds. The summed E-state index contributed by atoms with van der Waals surface area (Å²) in [6.45, 7) is 0. The van der Waals surface area contributed by atoms with E-state index in [0.29, 0.717) is 6.07 Å². The minimum absolute atomic E-state index is 0.387. The van der Waals surface area contributed by atoms with Crippen molar-refractivity contribution in [2.75, 3.05) is 0 Å². The Labute approximate surface area is 140 Å². The molecular weight excluding hydrogens is 364 g/mol. The molecule has 0 spiro atoms. The van der Waals surface area contributed by atoms with Crippen molar-refractivity contribution in [2.24, 2.45) is 0 Å². The van der Waals surface area contributed by atoms with E-state index in [1.165, 1.54) is 18.2 Å². The van der Waals surface area contributed by atoms with Gasteiger partial charge < -0.3 is 0 Å². The first-order valence-electron chi connectivity index (χ1n) is 6.43. The van der Waals surface area contributed by atoms with Crippen LogP contribution in [0.4, 0.5) is 26.3 Å². The van der Waals surface area contributed by atoms with Crippen molar-refractivity contribution >= 4 is 22.2 Å². The second-order valence-electron chi connectivity index (χ2n) is 4.68. The molecular formula is C15H3F6N5. The number of halogens is 6. The fourth-order valence-electron chi connectivity index (χ4n) is 2.25. The van der Waals surface area contributed by atoms with E-state index in [-0.39, 0.29) is 5.22 Å². The van der Waals surface area contributed by atoms with Crippen molar-refractivity contribution in [2.45, 2.75) is 12.4 Å². The standard InChI is InChI=1S/C15H3F6N5/c16-14(17,18)13(15(19,20)21)10-7(4-22)3-9(8(5-23)6-24)11-12(10)26-2-1-25-11/h1-3H. The molecule has 0 aliphatic carbocycles. The molecule has 1 aromatic carbocycles. The maximum Gasteiger partial charge on any atom is 0.422 e. The second-order valence-corrected chi connectivity index (χ2v) is 4.68. The van der Waals surface area contributed by atoms with Gasteiger partial charge in [-0.15, -0.1) is 0 Å². The monoisotopic (exact) mass is 367 g/mol. The van der Waals surface area contributed by atoms with Crippen molar-refractivity contribution in [3.8, 4) is 18.2 Å². The second kappa shape index (κ2) is 6.34. The van der Waals surface area contributed by atoms with Crippen LogP contribution in [0.5, 0.6) is 0 Å². The Morgan fingerprint density at radius 3 is 1.77 bits per heavy atom. The lowest BCUT2D eigenvalue weighted by molar-refractivity contribution is -0.138. The summed E-state index contributed by atoms with van der Waals surface area (Å²) in [5.41, 5.74) is -6.03. The zero-order valence-electron chi connectivity index (χ0n) is 12.2. The third-order valence-electron chi connectivity index (χ3n) is 3.18. The summed E-state index contributed by atoms with van der Waals surface area (Å²) in [6, 6.07) is 4.72. The van der Waals surface area contributed by atoms with Gasteiger partial charge in [0.1, 0.15) is 23.3 Å². The van der Waals surface area contributed by atoms with E-state index in [1.54, 1.807) is 0 Å². The van der Waals surface area contributed by atoms with Gasteiger partial charge in [-0.1, -0.05) is 0 Å². The summed E-state index contributed by atoms with van der Waals surface area (Å²) in [6.07, 6.45) is -9.88. The molecule has 0 saturated heterocycles. The molecule has 1 heterocycles. The minimum atomic E-state index is -5.84. The van der Waals surface area contributed by atoms with Crippen molar-refractivity contribution < 1.29 is 26.3 Å². The van der Waals surface area contributed by atoms with Gasteiger partial charge in [0, 0.05) is 22.8 Å². The zero-order chi connectivity index (χ0) is 19.7. The molecule has 2 rings (SSSR count). The number of hydrogen-bond acceptors (Lipinski definition) is 5. The third kappa shape index (κ3) is 3.13. The van der Waals surface area contributed by atoms with Gasteiger partial charge in [0.25, 0.3) is 0 Å². The minimum Gasteiger partial charge on any atom is -0.252 e. The van der Waals surface area contributed by atoms with Crippen LogP contribution in [0.25, 0.3) is 22.2 Å². The molecule has 0 atom stereocenters. The molecule has 2 aromatic rings. The van der Waals surface area contributed by atoms with Gasteiger partial charge in [0.2, 0.25) is 0 Å². The van der Waals surface area contributed by atoms with Crippen molar-refractivity contribution in [1.82, 2.24) is 9.97 Å². The van der Waals surface area contributed by atoms with Gasteiger partial charge in [-0.05, 0) is 6.07 Å². The molecule has 5 nitrogen and oxygen atoms in total. The van der Waals surface area contributed by atoms with Crippen LogP contribution in [0.3, 0.4) is 0 Å². The number of hydrogen-bond donors (Lipinski definition) is 0. The highest BCUT2D eigenvalue weighted by atomic mass is 19.4. The molecule has 0 radical (unpaired) electrons. The van der Waals surface area contributed by atoms with Gasteiger partial charge in [-0.3, -0.25) is 9.97 Å². The maximum atomic E-state index is 13.1. The number of nitriles is 3. The number of aromatic nitrogens is 2. The van der Waals surface area contributed by atoms with E-state index in [1.807, 2.05) is 0 Å². The fraction of sp³-hybridized carbons (Fsp3) is 0.133. The first kappa shape index (κ1) is 18.7. The lowest BCUT2D eigenvalue weighted by atomic mass is 10.0. The highest BCUT2D eigenvalue weighted by molar-refractivity contribution is 5.87. The molecule has 0 unspecified atom stereocenters. The van der Waals surface area contributed by atoms with E-state index in [4.69, 9.17) is 15.8 Å². The fourth-order valence-corrected chi connectivity index (χ4v) is 2.25. The Kier molecular flexibility index (Phi) is 4.55. The first-order chi connectivity index (χ1) is 12.1. The van der Waals surface area contributed by atoms with E-state index >= 15 is 0 Å². The predicted octanol–water partition coefficient (Wildman–Crippen LogP) is 1.97. The predicted molar refractivity (Wildman–Crippen MR) is 73.7 cm³/mol. The van der Waals surface area contributed by atoms with Gasteiger partial charge in [0.15, 0.2) is 0 Å². The van der Waals surface area contributed by atoms with Crippen molar-refractivity contribution in [3.05, 3.63) is 34.5 Å². The third-order valence-corrected chi connectivity index (χ3v) is 3.18. The molecule has 0 N–H and O–H groups in total. The van der Waals surface area contributed by atoms with Crippen LogP contribution in [0.15, 0.2) is 18.5 Å². The normalized spacial score (nSPS) is 11.3. The Morgan fingerprint density at radius 2 is 1.35 bits per heavy atom. The molecule has 0 fully saturated rings. The van der Waals surface area contributed by atoms with Crippen molar-refractivity contribution in [1.29, 1.82) is 15.8 Å². The first-order valence-corrected chi connectivity index (χ1v) is 6.43. The Balaban J connectivity index is 3.41.